The first kappa shape index (κ1) is 23.0. The molecule has 0 aliphatic carbocycles. The number of hydrogen-bond acceptors (Lipinski definition) is 8. The predicted octanol–water partition coefficient (Wildman–Crippen LogP) is 3.02. The number of carbonyl (C=O) groups is 1. The van der Waals surface area contributed by atoms with Gasteiger partial charge in [-0.3, -0.25) is 4.79 Å². The number of carbonyl (C=O) groups excluding carboxylic acids is 1. The van der Waals surface area contributed by atoms with Gasteiger partial charge in [-0.15, -0.1) is 0 Å². The molecule has 0 unspecified atom stereocenters. The van der Waals surface area contributed by atoms with Crippen molar-refractivity contribution in [2.24, 2.45) is 5.41 Å². The molecule has 5 heterocycles. The zero-order valence-electron chi connectivity index (χ0n) is 20.8. The number of methoxy groups -OCH3 is 1. The third-order valence-electron chi connectivity index (χ3n) is 7.49. The minimum atomic E-state index is -1.86. The Balaban J connectivity index is 1.62. The number of ether oxygens (including phenoxy) is 4. The number of benzene rings is 1. The van der Waals surface area contributed by atoms with Gasteiger partial charge in [0, 0.05) is 29.7 Å². The second-order valence-electron chi connectivity index (χ2n) is 10.5. The number of cyclic esters (lactones) is 1. The number of nitrogens with zero attached hydrogens (tertiary/aromatic N) is 2. The molecule has 2 aromatic heterocycles. The largest absolute Gasteiger partial charge is 0.458 e. The van der Waals surface area contributed by atoms with Crippen molar-refractivity contribution in [3.63, 3.8) is 0 Å². The maximum Gasteiger partial charge on any atom is 0.343 e. The van der Waals surface area contributed by atoms with Crippen molar-refractivity contribution >= 4 is 16.9 Å². The van der Waals surface area contributed by atoms with E-state index in [9.17, 15) is 14.7 Å². The maximum atomic E-state index is 13.6. The summed E-state index contributed by atoms with van der Waals surface area (Å²) in [5, 5.41) is 12.1. The van der Waals surface area contributed by atoms with Gasteiger partial charge >= 0.3 is 5.97 Å². The minimum Gasteiger partial charge on any atom is -0.458 e. The number of hydrogen-bond donors (Lipinski definition) is 1. The average Bonchev–Trinajstić information content (AvgIpc) is 3.45. The van der Waals surface area contributed by atoms with Crippen LogP contribution in [0.5, 0.6) is 11.5 Å². The van der Waals surface area contributed by atoms with Crippen LogP contribution in [0.1, 0.15) is 49.4 Å². The number of aliphatic hydroxyl groups is 1. The van der Waals surface area contributed by atoms with Gasteiger partial charge in [0.2, 0.25) is 6.79 Å². The van der Waals surface area contributed by atoms with Crippen molar-refractivity contribution in [3.8, 4) is 22.9 Å². The van der Waals surface area contributed by atoms with Crippen LogP contribution in [0.4, 0.5) is 0 Å². The summed E-state index contributed by atoms with van der Waals surface area (Å²) in [5.74, 6) is 0.559. The van der Waals surface area contributed by atoms with E-state index in [0.717, 1.165) is 22.0 Å². The molecule has 188 valence electrons. The van der Waals surface area contributed by atoms with Crippen molar-refractivity contribution in [1.29, 1.82) is 0 Å². The Labute approximate surface area is 207 Å². The fourth-order valence-corrected chi connectivity index (χ4v) is 5.67. The van der Waals surface area contributed by atoms with Crippen LogP contribution in [-0.2, 0) is 39.4 Å². The molecule has 3 aliphatic rings. The van der Waals surface area contributed by atoms with Crippen molar-refractivity contribution in [3.05, 3.63) is 50.8 Å². The molecule has 6 rings (SSSR count). The molecule has 0 radical (unpaired) electrons. The second-order valence-corrected chi connectivity index (χ2v) is 10.5. The highest BCUT2D eigenvalue weighted by atomic mass is 16.7. The zero-order chi connectivity index (χ0) is 25.4. The molecule has 9 heteroatoms. The van der Waals surface area contributed by atoms with Crippen LogP contribution in [0.25, 0.3) is 22.3 Å². The standard InChI is InChI=1S/C27H28N2O7/c1-5-27(32)18-7-20-23-16(10-29(20)24(30)17(18)11-34-25(27)31)15(9-26(2,3)12-33-4)14-6-21-22(36-13-35-21)8-19(14)28-23/h6-8,32H,5,9-13H2,1-4H3/t27-/m0/s1. The molecule has 1 aromatic carbocycles. The van der Waals surface area contributed by atoms with E-state index in [-0.39, 0.29) is 30.8 Å². The van der Waals surface area contributed by atoms with Crippen LogP contribution in [0, 0.1) is 5.41 Å². The molecule has 1 atom stereocenters. The van der Waals surface area contributed by atoms with E-state index in [4.69, 9.17) is 23.9 Å². The third-order valence-corrected chi connectivity index (χ3v) is 7.49. The number of rotatable bonds is 5. The van der Waals surface area contributed by atoms with Gasteiger partial charge in [0.05, 0.1) is 35.6 Å². The van der Waals surface area contributed by atoms with Crippen LogP contribution in [0.3, 0.4) is 0 Å². The van der Waals surface area contributed by atoms with Gasteiger partial charge in [-0.1, -0.05) is 20.8 Å². The lowest BCUT2D eigenvalue weighted by Gasteiger charge is -2.31. The van der Waals surface area contributed by atoms with E-state index in [0.29, 0.717) is 53.6 Å². The fourth-order valence-electron chi connectivity index (χ4n) is 5.67. The molecule has 0 saturated carbocycles. The molecule has 36 heavy (non-hydrogen) atoms. The van der Waals surface area contributed by atoms with E-state index in [1.54, 1.807) is 24.7 Å². The molecule has 3 aliphatic heterocycles. The number of esters is 1. The average molecular weight is 493 g/mol. The summed E-state index contributed by atoms with van der Waals surface area (Å²) in [4.78, 5) is 31.1. The minimum absolute atomic E-state index is 0.0969. The van der Waals surface area contributed by atoms with Crippen molar-refractivity contribution in [2.75, 3.05) is 20.5 Å². The zero-order valence-corrected chi connectivity index (χ0v) is 20.8. The highest BCUT2D eigenvalue weighted by Gasteiger charge is 2.45. The Morgan fingerprint density at radius 3 is 2.61 bits per heavy atom. The van der Waals surface area contributed by atoms with Gasteiger partial charge in [0.1, 0.15) is 6.61 Å². The SMILES string of the molecule is CC[C@@]1(O)C(=O)OCc2c1cc1n(c2=O)Cc2c-1nc1cc3c(cc1c2CC(C)(C)COC)OCO3. The van der Waals surface area contributed by atoms with E-state index in [1.165, 1.54) is 0 Å². The van der Waals surface area contributed by atoms with Crippen molar-refractivity contribution in [2.45, 2.75) is 52.4 Å². The molecule has 0 amide bonds. The lowest BCUT2D eigenvalue weighted by atomic mass is 9.83. The van der Waals surface area contributed by atoms with Crippen molar-refractivity contribution in [1.82, 2.24) is 9.55 Å². The molecule has 1 N–H and O–H groups in total. The first-order chi connectivity index (χ1) is 17.2. The molecule has 0 fully saturated rings. The molecule has 3 aromatic rings. The molecular formula is C27H28N2O7. The topological polar surface area (TPSA) is 109 Å². The first-order valence-electron chi connectivity index (χ1n) is 12.1. The monoisotopic (exact) mass is 492 g/mol. The van der Waals surface area contributed by atoms with E-state index in [2.05, 4.69) is 13.8 Å². The summed E-state index contributed by atoms with van der Waals surface area (Å²) < 4.78 is 23.6. The summed E-state index contributed by atoms with van der Waals surface area (Å²) >= 11 is 0. The first-order valence-corrected chi connectivity index (χ1v) is 12.1. The Kier molecular flexibility index (Phi) is 4.97. The predicted molar refractivity (Wildman–Crippen MR) is 130 cm³/mol. The normalized spacial score (nSPS) is 19.8. The molecule has 0 spiro atoms. The van der Waals surface area contributed by atoms with Crippen LogP contribution >= 0.6 is 0 Å². The Bertz CT molecular complexity index is 1510. The third kappa shape index (κ3) is 3.19. The highest BCUT2D eigenvalue weighted by molar-refractivity contribution is 5.91. The summed E-state index contributed by atoms with van der Waals surface area (Å²) in [6, 6.07) is 5.56. The van der Waals surface area contributed by atoms with Crippen LogP contribution in [0.15, 0.2) is 23.0 Å². The summed E-state index contributed by atoms with van der Waals surface area (Å²) in [5.41, 5.74) is 2.27. The van der Waals surface area contributed by atoms with E-state index in [1.807, 2.05) is 12.1 Å². The van der Waals surface area contributed by atoms with Gasteiger partial charge in [-0.05, 0) is 36.0 Å². The lowest BCUT2D eigenvalue weighted by molar-refractivity contribution is -0.172. The lowest BCUT2D eigenvalue weighted by Crippen LogP contribution is -2.44. The maximum absolute atomic E-state index is 13.6. The number of fused-ring (bicyclic) bond motifs is 6. The Hall–Kier alpha value is -3.43. The van der Waals surface area contributed by atoms with Gasteiger partial charge in [-0.2, -0.15) is 0 Å². The van der Waals surface area contributed by atoms with Crippen LogP contribution in [0.2, 0.25) is 0 Å². The van der Waals surface area contributed by atoms with E-state index >= 15 is 0 Å². The van der Waals surface area contributed by atoms with Gasteiger partial charge in [-0.25, -0.2) is 9.78 Å². The quantitative estimate of drug-likeness (QED) is 0.424. The number of pyridine rings is 2. The summed E-state index contributed by atoms with van der Waals surface area (Å²) in [6.45, 7) is 6.87. The van der Waals surface area contributed by atoms with Gasteiger partial charge in [0.15, 0.2) is 17.1 Å². The molecule has 0 saturated heterocycles. The van der Waals surface area contributed by atoms with Gasteiger partial charge < -0.3 is 28.6 Å². The Morgan fingerprint density at radius 1 is 1.14 bits per heavy atom. The van der Waals surface area contributed by atoms with Crippen molar-refractivity contribution < 1.29 is 28.8 Å². The van der Waals surface area contributed by atoms with Crippen LogP contribution < -0.4 is 15.0 Å². The molecule has 9 nitrogen and oxygen atoms in total. The van der Waals surface area contributed by atoms with Gasteiger partial charge in [0.25, 0.3) is 5.56 Å². The number of aromatic nitrogens is 2. The fraction of sp³-hybridized carbons (Fsp3) is 0.444. The molecule has 0 bridgehead atoms. The highest BCUT2D eigenvalue weighted by Crippen LogP contribution is 2.44. The molecular weight excluding hydrogens is 464 g/mol. The van der Waals surface area contributed by atoms with Crippen LogP contribution in [-0.4, -0.2) is 41.1 Å². The van der Waals surface area contributed by atoms with E-state index < -0.39 is 11.6 Å². The summed E-state index contributed by atoms with van der Waals surface area (Å²) in [6.07, 6.45) is 0.782. The smallest absolute Gasteiger partial charge is 0.343 e. The Morgan fingerprint density at radius 2 is 1.89 bits per heavy atom. The second kappa shape index (κ2) is 7.78. The summed E-state index contributed by atoms with van der Waals surface area (Å²) in [7, 11) is 1.69.